The maximum Gasteiger partial charge on any atom is 0.161 e. The molecule has 114 valence electrons. The number of hydrogen-bond acceptors (Lipinski definition) is 4. The number of nitriles is 1. The summed E-state index contributed by atoms with van der Waals surface area (Å²) >= 11 is 13.6. The van der Waals surface area contributed by atoms with Gasteiger partial charge in [-0.25, -0.2) is 4.98 Å². The van der Waals surface area contributed by atoms with Crippen LogP contribution < -0.4 is 0 Å². The topological polar surface area (TPSA) is 53.8 Å². The van der Waals surface area contributed by atoms with Crippen LogP contribution in [0.1, 0.15) is 16.5 Å². The summed E-state index contributed by atoms with van der Waals surface area (Å²) in [7, 11) is 0. The Morgan fingerprint density at radius 1 is 1.17 bits per heavy atom. The van der Waals surface area contributed by atoms with Crippen molar-refractivity contribution in [3.8, 4) is 6.07 Å². The third-order valence-electron chi connectivity index (χ3n) is 3.42. The maximum absolute atomic E-state index is 12.6. The van der Waals surface area contributed by atoms with Gasteiger partial charge in [-0.3, -0.25) is 4.79 Å². The Morgan fingerprint density at radius 2 is 1.87 bits per heavy atom. The number of thiazole rings is 1. The van der Waals surface area contributed by atoms with Crippen molar-refractivity contribution in [1.82, 2.24) is 4.98 Å². The molecule has 23 heavy (non-hydrogen) atoms. The van der Waals surface area contributed by atoms with E-state index in [1.165, 1.54) is 11.3 Å². The lowest BCUT2D eigenvalue weighted by atomic mass is 9.99. The molecule has 1 atom stereocenters. The Kier molecular flexibility index (Phi) is 4.63. The third kappa shape index (κ3) is 3.23. The van der Waals surface area contributed by atoms with Crippen LogP contribution in [0.15, 0.2) is 42.5 Å². The molecular weight excluding hydrogens is 351 g/mol. The van der Waals surface area contributed by atoms with E-state index >= 15 is 0 Å². The summed E-state index contributed by atoms with van der Waals surface area (Å²) in [6, 6.07) is 14.7. The fourth-order valence-electron chi connectivity index (χ4n) is 2.26. The average Bonchev–Trinajstić information content (AvgIpc) is 2.95. The lowest BCUT2D eigenvalue weighted by Crippen LogP contribution is -2.14. The number of fused-ring (bicyclic) bond motifs is 1. The fourth-order valence-corrected chi connectivity index (χ4v) is 3.82. The van der Waals surface area contributed by atoms with E-state index in [9.17, 15) is 10.1 Å². The molecule has 3 aromatic rings. The van der Waals surface area contributed by atoms with Gasteiger partial charge in [0, 0.05) is 16.5 Å². The minimum atomic E-state index is -0.917. The van der Waals surface area contributed by atoms with E-state index in [0.717, 1.165) is 10.2 Å². The van der Waals surface area contributed by atoms with Crippen molar-refractivity contribution >= 4 is 50.5 Å². The molecule has 0 saturated carbocycles. The molecule has 2 aromatic carbocycles. The molecular formula is C17H10Cl2N2OS. The Bertz CT molecular complexity index is 876. The van der Waals surface area contributed by atoms with Gasteiger partial charge in [-0.15, -0.1) is 11.3 Å². The Labute approximate surface area is 147 Å². The van der Waals surface area contributed by atoms with E-state index in [0.29, 0.717) is 20.6 Å². The predicted molar refractivity (Wildman–Crippen MR) is 93.1 cm³/mol. The van der Waals surface area contributed by atoms with Gasteiger partial charge in [-0.1, -0.05) is 41.4 Å². The first-order valence-electron chi connectivity index (χ1n) is 6.81. The highest BCUT2D eigenvalue weighted by Crippen LogP contribution is 2.31. The SMILES string of the molecule is N#C[C@H](C(=O)Cc1c(Cl)cccc1Cl)c1nc2ccccc2s1. The molecule has 0 aliphatic carbocycles. The normalized spacial score (nSPS) is 12.0. The predicted octanol–water partition coefficient (Wildman–Crippen LogP) is 5.02. The molecule has 0 spiro atoms. The molecule has 0 aliphatic heterocycles. The molecule has 0 bridgehead atoms. The number of nitrogens with zero attached hydrogens (tertiary/aromatic N) is 2. The Balaban J connectivity index is 1.91. The lowest BCUT2D eigenvalue weighted by molar-refractivity contribution is -0.118. The van der Waals surface area contributed by atoms with Crippen LogP contribution in [0.5, 0.6) is 0 Å². The van der Waals surface area contributed by atoms with Gasteiger partial charge in [-0.05, 0) is 29.8 Å². The first-order valence-corrected chi connectivity index (χ1v) is 8.38. The van der Waals surface area contributed by atoms with Crippen LogP contribution in [-0.4, -0.2) is 10.8 Å². The van der Waals surface area contributed by atoms with Gasteiger partial charge in [0.25, 0.3) is 0 Å². The highest BCUT2D eigenvalue weighted by atomic mass is 35.5. The zero-order chi connectivity index (χ0) is 16.4. The Morgan fingerprint density at radius 3 is 2.52 bits per heavy atom. The number of halogens is 2. The molecule has 0 radical (unpaired) electrons. The van der Waals surface area contributed by atoms with Crippen molar-refractivity contribution < 1.29 is 4.79 Å². The second-order valence-corrected chi connectivity index (χ2v) is 6.80. The van der Waals surface area contributed by atoms with Gasteiger partial charge in [0.05, 0.1) is 16.3 Å². The quantitative estimate of drug-likeness (QED) is 0.655. The zero-order valence-electron chi connectivity index (χ0n) is 11.8. The molecule has 0 amide bonds. The zero-order valence-corrected chi connectivity index (χ0v) is 14.1. The van der Waals surface area contributed by atoms with Gasteiger partial charge in [0.1, 0.15) is 5.01 Å². The average molecular weight is 361 g/mol. The van der Waals surface area contributed by atoms with E-state index in [2.05, 4.69) is 11.1 Å². The highest BCUT2D eigenvalue weighted by molar-refractivity contribution is 7.18. The van der Waals surface area contributed by atoms with E-state index in [4.69, 9.17) is 23.2 Å². The van der Waals surface area contributed by atoms with Gasteiger partial charge in [-0.2, -0.15) is 5.26 Å². The van der Waals surface area contributed by atoms with Crippen LogP contribution in [0.3, 0.4) is 0 Å². The van der Waals surface area contributed by atoms with Crippen molar-refractivity contribution in [2.45, 2.75) is 12.3 Å². The smallest absolute Gasteiger partial charge is 0.161 e. The summed E-state index contributed by atoms with van der Waals surface area (Å²) in [4.78, 5) is 17.0. The molecule has 0 N–H and O–H groups in total. The molecule has 1 aromatic heterocycles. The minimum absolute atomic E-state index is 0.00661. The van der Waals surface area contributed by atoms with Gasteiger partial charge in [0.2, 0.25) is 0 Å². The van der Waals surface area contributed by atoms with Gasteiger partial charge < -0.3 is 0 Å². The minimum Gasteiger partial charge on any atom is -0.297 e. The van der Waals surface area contributed by atoms with Crippen molar-refractivity contribution in [3.63, 3.8) is 0 Å². The second-order valence-electron chi connectivity index (χ2n) is 4.93. The number of rotatable bonds is 4. The van der Waals surface area contributed by atoms with Crippen LogP contribution in [0.2, 0.25) is 10.0 Å². The number of Topliss-reactive ketones (excluding diaryl/α,β-unsaturated/α-hetero) is 1. The number of benzene rings is 2. The highest BCUT2D eigenvalue weighted by Gasteiger charge is 2.25. The number of aromatic nitrogens is 1. The lowest BCUT2D eigenvalue weighted by Gasteiger charge is -2.08. The summed E-state index contributed by atoms with van der Waals surface area (Å²) in [5, 5.41) is 10.8. The summed E-state index contributed by atoms with van der Waals surface area (Å²) in [6.07, 6.45) is 0.00661. The number of hydrogen-bond donors (Lipinski definition) is 0. The third-order valence-corrected chi connectivity index (χ3v) is 5.23. The molecule has 1 heterocycles. The van der Waals surface area contributed by atoms with E-state index in [1.54, 1.807) is 18.2 Å². The van der Waals surface area contributed by atoms with E-state index in [1.807, 2.05) is 24.3 Å². The monoisotopic (exact) mass is 360 g/mol. The molecule has 6 heteroatoms. The van der Waals surface area contributed by atoms with E-state index in [-0.39, 0.29) is 12.2 Å². The van der Waals surface area contributed by atoms with Crippen molar-refractivity contribution in [1.29, 1.82) is 5.26 Å². The molecule has 0 saturated heterocycles. The molecule has 3 rings (SSSR count). The maximum atomic E-state index is 12.6. The molecule has 0 aliphatic rings. The van der Waals surface area contributed by atoms with Gasteiger partial charge >= 0.3 is 0 Å². The van der Waals surface area contributed by atoms with E-state index < -0.39 is 5.92 Å². The molecule has 0 unspecified atom stereocenters. The number of para-hydroxylation sites is 1. The number of carbonyl (C=O) groups excluding carboxylic acids is 1. The first kappa shape index (κ1) is 15.9. The largest absolute Gasteiger partial charge is 0.297 e. The summed E-state index contributed by atoms with van der Waals surface area (Å²) in [6.45, 7) is 0. The summed E-state index contributed by atoms with van der Waals surface area (Å²) < 4.78 is 0.950. The van der Waals surface area contributed by atoms with Crippen molar-refractivity contribution in [2.24, 2.45) is 0 Å². The van der Waals surface area contributed by atoms with Crippen molar-refractivity contribution in [3.05, 3.63) is 63.1 Å². The number of carbonyl (C=O) groups is 1. The van der Waals surface area contributed by atoms with Crippen LogP contribution in [0.25, 0.3) is 10.2 Å². The van der Waals surface area contributed by atoms with Gasteiger partial charge in [0.15, 0.2) is 11.7 Å². The summed E-state index contributed by atoms with van der Waals surface area (Å²) in [5.74, 6) is -1.18. The molecule has 0 fully saturated rings. The standard InChI is InChI=1S/C17H10Cl2N2OS/c18-12-4-3-5-13(19)10(12)8-15(22)11(9-20)17-21-14-6-1-2-7-16(14)23-17/h1-7,11H,8H2/t11-/m1/s1. The first-order chi connectivity index (χ1) is 11.1. The van der Waals surface area contributed by atoms with Crippen LogP contribution in [-0.2, 0) is 11.2 Å². The Hall–Kier alpha value is -1.93. The molecule has 3 nitrogen and oxygen atoms in total. The number of ketones is 1. The second kappa shape index (κ2) is 6.67. The fraction of sp³-hybridized carbons (Fsp3) is 0.118. The van der Waals surface area contributed by atoms with Crippen molar-refractivity contribution in [2.75, 3.05) is 0 Å². The van der Waals surface area contributed by atoms with Crippen LogP contribution >= 0.6 is 34.5 Å². The van der Waals surface area contributed by atoms with Crippen LogP contribution in [0, 0.1) is 11.3 Å². The van der Waals surface area contributed by atoms with Crippen LogP contribution in [0.4, 0.5) is 0 Å². The summed E-state index contributed by atoms with van der Waals surface area (Å²) in [5.41, 5.74) is 1.33.